The molecule has 0 bridgehead atoms. The Morgan fingerprint density at radius 2 is 1.86 bits per heavy atom. The molecule has 1 aliphatic heterocycles. The highest BCUT2D eigenvalue weighted by Crippen LogP contribution is 2.39. The van der Waals surface area contributed by atoms with Gasteiger partial charge in [-0.1, -0.05) is 28.0 Å². The number of ether oxygens (including phenoxy) is 3. The van der Waals surface area contributed by atoms with Crippen molar-refractivity contribution in [2.45, 2.75) is 69.5 Å². The lowest BCUT2D eigenvalue weighted by atomic mass is 10.1. The molecule has 1 fully saturated rings. The van der Waals surface area contributed by atoms with Crippen LogP contribution in [-0.2, 0) is 19.0 Å². The fourth-order valence-corrected chi connectivity index (χ4v) is 5.29. The molecule has 0 aromatic heterocycles. The number of carbonyl (C=O) groups excluding carboxylic acids is 1. The van der Waals surface area contributed by atoms with Crippen LogP contribution in [0.1, 0.15) is 46.0 Å². The molecular formula is C15H28O4S2. The predicted molar refractivity (Wildman–Crippen MR) is 89.7 cm³/mol. The third-order valence-corrected chi connectivity index (χ3v) is 6.83. The average Bonchev–Trinajstić information content (AvgIpc) is 3.01. The van der Waals surface area contributed by atoms with Crippen molar-refractivity contribution in [2.75, 3.05) is 20.0 Å². The van der Waals surface area contributed by atoms with Gasteiger partial charge in [0.15, 0.2) is 6.10 Å². The fraction of sp³-hybridized carbons (Fsp3) is 0.933. The first kappa shape index (κ1) is 19.1. The van der Waals surface area contributed by atoms with Gasteiger partial charge in [-0.25, -0.2) is 0 Å². The number of methoxy groups -OCH3 is 2. The van der Waals surface area contributed by atoms with Crippen LogP contribution < -0.4 is 0 Å². The molecule has 1 aliphatic rings. The van der Waals surface area contributed by atoms with Gasteiger partial charge in [-0.2, -0.15) is 0 Å². The molecule has 3 atom stereocenters. The summed E-state index contributed by atoms with van der Waals surface area (Å²) in [5, 5.41) is 0.779. The van der Waals surface area contributed by atoms with E-state index in [4.69, 9.17) is 14.2 Å². The smallest absolute Gasteiger partial charge is 0.306 e. The highest BCUT2D eigenvalue weighted by atomic mass is 33.1. The summed E-state index contributed by atoms with van der Waals surface area (Å²) in [5.41, 5.74) is 0. The third-order valence-electron chi connectivity index (χ3n) is 3.82. The van der Waals surface area contributed by atoms with Gasteiger partial charge < -0.3 is 14.2 Å². The molecule has 1 heterocycles. The van der Waals surface area contributed by atoms with E-state index >= 15 is 0 Å². The van der Waals surface area contributed by atoms with Gasteiger partial charge in [0.1, 0.15) is 0 Å². The van der Waals surface area contributed by atoms with Gasteiger partial charge in [0.05, 0.1) is 12.2 Å². The highest BCUT2D eigenvalue weighted by molar-refractivity contribution is 8.77. The number of hydrogen-bond acceptors (Lipinski definition) is 6. The Bertz CT molecular complexity index is 285. The zero-order valence-corrected chi connectivity index (χ0v) is 15.1. The zero-order chi connectivity index (χ0) is 15.7. The molecule has 0 amide bonds. The standard InChI is InChI=1S/C15H28O4S2/c1-11(17-3)15(12(2)18-4)19-14(16)8-6-5-7-13-9-10-20-21-13/h11-13,15H,5-10H2,1-4H3/t11-,12-,13+/m0/s1. The first-order chi connectivity index (χ1) is 10.1. The minimum Gasteiger partial charge on any atom is -0.457 e. The van der Waals surface area contributed by atoms with E-state index in [1.165, 1.54) is 18.6 Å². The number of rotatable bonds is 10. The van der Waals surface area contributed by atoms with E-state index in [0.717, 1.165) is 18.1 Å². The SMILES string of the molecule is CO[C@@H](C)C(OC(=O)CCCC[C@@H]1CCSS1)[C@H](C)OC. The van der Waals surface area contributed by atoms with Crippen LogP contribution in [0.2, 0.25) is 0 Å². The largest absolute Gasteiger partial charge is 0.457 e. The maximum Gasteiger partial charge on any atom is 0.306 e. The van der Waals surface area contributed by atoms with Crippen LogP contribution in [0.3, 0.4) is 0 Å². The Balaban J connectivity index is 2.22. The van der Waals surface area contributed by atoms with Crippen LogP contribution in [-0.4, -0.2) is 49.5 Å². The number of carbonyl (C=O) groups is 1. The molecule has 6 heteroatoms. The molecule has 1 saturated heterocycles. The van der Waals surface area contributed by atoms with Crippen molar-refractivity contribution in [1.29, 1.82) is 0 Å². The number of unbranched alkanes of at least 4 members (excludes halogenated alkanes) is 1. The fourth-order valence-electron chi connectivity index (χ4n) is 2.26. The van der Waals surface area contributed by atoms with E-state index in [1.54, 1.807) is 14.2 Å². The lowest BCUT2D eigenvalue weighted by Gasteiger charge is -2.27. The van der Waals surface area contributed by atoms with Crippen LogP contribution in [0, 0.1) is 0 Å². The zero-order valence-electron chi connectivity index (χ0n) is 13.5. The van der Waals surface area contributed by atoms with Crippen LogP contribution in [0.15, 0.2) is 0 Å². The van der Waals surface area contributed by atoms with Gasteiger partial charge in [-0.15, -0.1) is 0 Å². The summed E-state index contributed by atoms with van der Waals surface area (Å²) in [4.78, 5) is 11.9. The molecule has 0 radical (unpaired) electrons. The summed E-state index contributed by atoms with van der Waals surface area (Å²) in [7, 11) is 7.19. The second-order valence-corrected chi connectivity index (χ2v) is 8.20. The second kappa shape index (κ2) is 10.8. The normalized spacial score (nSPS) is 21.5. The van der Waals surface area contributed by atoms with Gasteiger partial charge >= 0.3 is 5.97 Å². The molecule has 0 spiro atoms. The van der Waals surface area contributed by atoms with E-state index in [9.17, 15) is 4.79 Å². The van der Waals surface area contributed by atoms with Gasteiger partial charge in [-0.05, 0) is 33.1 Å². The van der Waals surface area contributed by atoms with E-state index in [1.807, 2.05) is 35.4 Å². The molecule has 124 valence electrons. The van der Waals surface area contributed by atoms with Crippen LogP contribution in [0.4, 0.5) is 0 Å². The van der Waals surface area contributed by atoms with Crippen molar-refractivity contribution >= 4 is 27.6 Å². The molecule has 0 aliphatic carbocycles. The maximum atomic E-state index is 11.9. The predicted octanol–water partition coefficient (Wildman–Crippen LogP) is 3.68. The van der Waals surface area contributed by atoms with Crippen LogP contribution >= 0.6 is 21.6 Å². The number of hydrogen-bond donors (Lipinski definition) is 0. The van der Waals surface area contributed by atoms with E-state index < -0.39 is 0 Å². The van der Waals surface area contributed by atoms with E-state index in [2.05, 4.69) is 0 Å². The minimum atomic E-state index is -0.353. The van der Waals surface area contributed by atoms with Crippen molar-refractivity contribution in [3.8, 4) is 0 Å². The Morgan fingerprint density at radius 1 is 1.19 bits per heavy atom. The topological polar surface area (TPSA) is 44.8 Å². The molecular weight excluding hydrogens is 308 g/mol. The summed E-state index contributed by atoms with van der Waals surface area (Å²) < 4.78 is 16.1. The Kier molecular flexibility index (Phi) is 9.80. The second-order valence-electron chi connectivity index (χ2n) is 5.41. The van der Waals surface area contributed by atoms with Gasteiger partial charge in [0.25, 0.3) is 0 Å². The molecule has 0 aromatic rings. The van der Waals surface area contributed by atoms with Gasteiger partial charge in [-0.3, -0.25) is 4.79 Å². The average molecular weight is 337 g/mol. The Hall–Kier alpha value is 0.0900. The van der Waals surface area contributed by atoms with Crippen molar-refractivity contribution in [1.82, 2.24) is 0 Å². The van der Waals surface area contributed by atoms with Crippen LogP contribution in [0.5, 0.6) is 0 Å². The summed E-state index contributed by atoms with van der Waals surface area (Å²) in [6.07, 6.45) is 4.29. The lowest BCUT2D eigenvalue weighted by Crippen LogP contribution is -2.40. The van der Waals surface area contributed by atoms with E-state index in [0.29, 0.717) is 6.42 Å². The Morgan fingerprint density at radius 3 is 2.38 bits per heavy atom. The van der Waals surface area contributed by atoms with E-state index in [-0.39, 0.29) is 24.3 Å². The monoisotopic (exact) mass is 336 g/mol. The molecule has 0 N–H and O–H groups in total. The molecule has 0 aromatic carbocycles. The summed E-state index contributed by atoms with van der Waals surface area (Å²) >= 11 is 0. The van der Waals surface area contributed by atoms with Crippen molar-refractivity contribution in [3.05, 3.63) is 0 Å². The quantitative estimate of drug-likeness (QED) is 0.344. The maximum absolute atomic E-state index is 11.9. The summed E-state index contributed by atoms with van der Waals surface area (Å²) in [5.74, 6) is 1.12. The van der Waals surface area contributed by atoms with Gasteiger partial charge in [0, 0.05) is 31.6 Å². The molecule has 21 heavy (non-hydrogen) atoms. The molecule has 1 rings (SSSR count). The summed E-state index contributed by atoms with van der Waals surface area (Å²) in [6, 6.07) is 0. The minimum absolute atomic E-state index is 0.152. The molecule has 4 nitrogen and oxygen atoms in total. The summed E-state index contributed by atoms with van der Waals surface area (Å²) in [6.45, 7) is 3.78. The van der Waals surface area contributed by atoms with Crippen molar-refractivity contribution in [3.63, 3.8) is 0 Å². The van der Waals surface area contributed by atoms with Gasteiger partial charge in [0.2, 0.25) is 0 Å². The van der Waals surface area contributed by atoms with Crippen molar-refractivity contribution in [2.24, 2.45) is 0 Å². The number of esters is 1. The van der Waals surface area contributed by atoms with Crippen LogP contribution in [0.25, 0.3) is 0 Å². The van der Waals surface area contributed by atoms with Crippen molar-refractivity contribution < 1.29 is 19.0 Å². The Labute approximate surface area is 136 Å². The lowest BCUT2D eigenvalue weighted by molar-refractivity contribution is -0.166. The molecule has 0 saturated carbocycles. The highest BCUT2D eigenvalue weighted by Gasteiger charge is 2.27. The first-order valence-electron chi connectivity index (χ1n) is 7.61. The molecule has 0 unspecified atom stereocenters. The first-order valence-corrected chi connectivity index (χ1v) is 10.00. The third kappa shape index (κ3) is 7.26.